The van der Waals surface area contributed by atoms with Crippen molar-refractivity contribution in [2.24, 2.45) is 0 Å². The second-order valence-corrected chi connectivity index (χ2v) is 6.75. The summed E-state index contributed by atoms with van der Waals surface area (Å²) in [5.41, 5.74) is 1.45. The van der Waals surface area contributed by atoms with Crippen molar-refractivity contribution in [3.8, 4) is 0 Å². The summed E-state index contributed by atoms with van der Waals surface area (Å²) in [6, 6.07) is 14.3. The summed E-state index contributed by atoms with van der Waals surface area (Å²) in [7, 11) is 0. The van der Waals surface area contributed by atoms with Gasteiger partial charge in [0.2, 0.25) is 0 Å². The molecule has 128 valence electrons. The molecule has 1 atom stereocenters. The van der Waals surface area contributed by atoms with E-state index in [-0.39, 0.29) is 11.9 Å². The summed E-state index contributed by atoms with van der Waals surface area (Å²) < 4.78 is 0. The smallest absolute Gasteiger partial charge is 0.253 e. The van der Waals surface area contributed by atoms with Gasteiger partial charge in [-0.05, 0) is 48.8 Å². The zero-order valence-corrected chi connectivity index (χ0v) is 14.5. The van der Waals surface area contributed by atoms with Crippen LogP contribution in [0, 0.1) is 0 Å². The number of rotatable bonds is 3. The number of hydrogen-bond donors (Lipinski definition) is 1. The van der Waals surface area contributed by atoms with E-state index in [0.717, 1.165) is 54.2 Å². The first-order chi connectivity index (χ1) is 12.3. The third kappa shape index (κ3) is 3.10. The number of hydrogen-bond acceptors (Lipinski definition) is 3. The van der Waals surface area contributed by atoms with Gasteiger partial charge in [-0.25, -0.2) is 0 Å². The molecule has 0 aliphatic carbocycles. The van der Waals surface area contributed by atoms with Crippen LogP contribution >= 0.6 is 0 Å². The SMILES string of the molecule is CCN1CCCC(NC(=O)c2cc3ccccc3c3cccnc23)C1. The van der Waals surface area contributed by atoms with Gasteiger partial charge in [-0.2, -0.15) is 0 Å². The van der Waals surface area contributed by atoms with Gasteiger partial charge >= 0.3 is 0 Å². The molecule has 1 N–H and O–H groups in total. The summed E-state index contributed by atoms with van der Waals surface area (Å²) in [5, 5.41) is 6.48. The van der Waals surface area contributed by atoms with E-state index >= 15 is 0 Å². The molecule has 3 aromatic rings. The fourth-order valence-corrected chi connectivity index (χ4v) is 3.83. The van der Waals surface area contributed by atoms with Gasteiger partial charge in [0.1, 0.15) is 0 Å². The van der Waals surface area contributed by atoms with Gasteiger partial charge < -0.3 is 10.2 Å². The molecule has 2 heterocycles. The lowest BCUT2D eigenvalue weighted by atomic mass is 9.99. The maximum Gasteiger partial charge on any atom is 0.253 e. The third-order valence-corrected chi connectivity index (χ3v) is 5.15. The van der Waals surface area contributed by atoms with Gasteiger partial charge in [-0.1, -0.05) is 37.3 Å². The Morgan fingerprint density at radius 3 is 2.96 bits per heavy atom. The fraction of sp³-hybridized carbons (Fsp3) is 0.333. The van der Waals surface area contributed by atoms with Crippen molar-refractivity contribution in [2.75, 3.05) is 19.6 Å². The van der Waals surface area contributed by atoms with Crippen LogP contribution < -0.4 is 5.32 Å². The van der Waals surface area contributed by atoms with Crippen molar-refractivity contribution in [1.82, 2.24) is 15.2 Å². The lowest BCUT2D eigenvalue weighted by molar-refractivity contribution is 0.0907. The molecule has 2 aromatic carbocycles. The Balaban J connectivity index is 1.71. The number of carbonyl (C=O) groups excluding carboxylic acids is 1. The molecule has 25 heavy (non-hydrogen) atoms. The molecule has 1 aliphatic heterocycles. The standard InChI is InChI=1S/C21H23N3O/c1-2-24-12-6-8-16(14-24)23-21(25)19-13-15-7-3-4-9-17(15)18-10-5-11-22-20(18)19/h3-5,7,9-11,13,16H,2,6,8,12,14H2,1H3,(H,23,25). The molecular formula is C21H23N3O. The molecule has 0 bridgehead atoms. The van der Waals surface area contributed by atoms with E-state index in [1.807, 2.05) is 30.3 Å². The summed E-state index contributed by atoms with van der Waals surface area (Å²) >= 11 is 0. The molecule has 0 radical (unpaired) electrons. The minimum atomic E-state index is -0.0163. The first-order valence-corrected chi connectivity index (χ1v) is 9.06. The van der Waals surface area contributed by atoms with Crippen LogP contribution in [-0.2, 0) is 0 Å². The lowest BCUT2D eigenvalue weighted by Crippen LogP contribution is -2.47. The number of likely N-dealkylation sites (N-methyl/N-ethyl adjacent to an activating group) is 1. The van der Waals surface area contributed by atoms with E-state index in [1.165, 1.54) is 0 Å². The van der Waals surface area contributed by atoms with Gasteiger partial charge in [0.05, 0.1) is 11.1 Å². The Morgan fingerprint density at radius 1 is 1.24 bits per heavy atom. The minimum absolute atomic E-state index is 0.0163. The van der Waals surface area contributed by atoms with E-state index in [9.17, 15) is 4.79 Å². The van der Waals surface area contributed by atoms with Crippen LogP contribution in [0.4, 0.5) is 0 Å². The maximum atomic E-state index is 13.0. The summed E-state index contributed by atoms with van der Waals surface area (Å²) in [6.45, 7) is 5.27. The quantitative estimate of drug-likeness (QED) is 0.745. The molecule has 1 aromatic heterocycles. The van der Waals surface area contributed by atoms with Gasteiger partial charge in [0.25, 0.3) is 5.91 Å². The molecule has 4 heteroatoms. The third-order valence-electron chi connectivity index (χ3n) is 5.15. The highest BCUT2D eigenvalue weighted by Crippen LogP contribution is 2.27. The van der Waals surface area contributed by atoms with Crippen LogP contribution in [0.1, 0.15) is 30.1 Å². The highest BCUT2D eigenvalue weighted by atomic mass is 16.1. The Morgan fingerprint density at radius 2 is 2.08 bits per heavy atom. The zero-order valence-electron chi connectivity index (χ0n) is 14.5. The number of benzene rings is 2. The largest absolute Gasteiger partial charge is 0.348 e. The predicted molar refractivity (Wildman–Crippen MR) is 102 cm³/mol. The Bertz CT molecular complexity index is 921. The van der Waals surface area contributed by atoms with Crippen LogP contribution in [0.3, 0.4) is 0 Å². The van der Waals surface area contributed by atoms with Crippen molar-refractivity contribution in [1.29, 1.82) is 0 Å². The van der Waals surface area contributed by atoms with E-state index in [1.54, 1.807) is 6.20 Å². The summed E-state index contributed by atoms with van der Waals surface area (Å²) in [4.78, 5) is 19.9. The van der Waals surface area contributed by atoms with Crippen molar-refractivity contribution in [3.63, 3.8) is 0 Å². The molecule has 4 nitrogen and oxygen atoms in total. The first-order valence-electron chi connectivity index (χ1n) is 9.06. The second kappa shape index (κ2) is 6.81. The highest BCUT2D eigenvalue weighted by Gasteiger charge is 2.22. The lowest BCUT2D eigenvalue weighted by Gasteiger charge is -2.32. The topological polar surface area (TPSA) is 45.2 Å². The first kappa shape index (κ1) is 16.0. The van der Waals surface area contributed by atoms with Crippen molar-refractivity contribution >= 4 is 27.6 Å². The van der Waals surface area contributed by atoms with Gasteiger partial charge in [0, 0.05) is 24.2 Å². The molecule has 1 aliphatic rings. The van der Waals surface area contributed by atoms with Gasteiger partial charge in [-0.15, -0.1) is 0 Å². The number of pyridine rings is 1. The van der Waals surface area contributed by atoms with Crippen LogP contribution in [-0.4, -0.2) is 41.5 Å². The molecule has 0 saturated carbocycles. The summed E-state index contributed by atoms with van der Waals surface area (Å²) in [5.74, 6) is -0.0163. The van der Waals surface area contributed by atoms with Gasteiger partial charge in [-0.3, -0.25) is 9.78 Å². The normalized spacial score (nSPS) is 18.5. The van der Waals surface area contributed by atoms with Crippen LogP contribution in [0.2, 0.25) is 0 Å². The molecule has 0 spiro atoms. The van der Waals surface area contributed by atoms with E-state index in [0.29, 0.717) is 5.56 Å². The number of carbonyl (C=O) groups is 1. The van der Waals surface area contributed by atoms with E-state index in [4.69, 9.17) is 0 Å². The maximum absolute atomic E-state index is 13.0. The number of aromatic nitrogens is 1. The summed E-state index contributed by atoms with van der Waals surface area (Å²) in [6.07, 6.45) is 3.93. The molecule has 4 rings (SSSR count). The van der Waals surface area contributed by atoms with E-state index < -0.39 is 0 Å². The number of piperidine rings is 1. The number of nitrogens with one attached hydrogen (secondary N) is 1. The fourth-order valence-electron chi connectivity index (χ4n) is 3.83. The number of fused-ring (bicyclic) bond motifs is 3. The van der Waals surface area contributed by atoms with Gasteiger partial charge in [0.15, 0.2) is 0 Å². The Labute approximate surface area is 147 Å². The Hall–Kier alpha value is -2.46. The van der Waals surface area contributed by atoms with Crippen molar-refractivity contribution < 1.29 is 4.79 Å². The van der Waals surface area contributed by atoms with Crippen LogP contribution in [0.25, 0.3) is 21.7 Å². The van der Waals surface area contributed by atoms with Crippen LogP contribution in [0.5, 0.6) is 0 Å². The molecule has 1 fully saturated rings. The van der Waals surface area contributed by atoms with E-state index in [2.05, 4.69) is 34.3 Å². The van der Waals surface area contributed by atoms with Crippen LogP contribution in [0.15, 0.2) is 48.7 Å². The molecule has 1 saturated heterocycles. The number of likely N-dealkylation sites (tertiary alicyclic amines) is 1. The zero-order chi connectivity index (χ0) is 17.2. The second-order valence-electron chi connectivity index (χ2n) is 6.75. The molecular weight excluding hydrogens is 310 g/mol. The highest BCUT2D eigenvalue weighted by molar-refractivity contribution is 6.15. The van der Waals surface area contributed by atoms with Crippen molar-refractivity contribution in [2.45, 2.75) is 25.8 Å². The molecule has 1 amide bonds. The Kier molecular flexibility index (Phi) is 4.36. The number of amides is 1. The average molecular weight is 333 g/mol. The number of nitrogens with zero attached hydrogens (tertiary/aromatic N) is 2. The average Bonchev–Trinajstić information content (AvgIpc) is 2.67. The van der Waals surface area contributed by atoms with Crippen molar-refractivity contribution in [3.05, 3.63) is 54.2 Å². The molecule has 1 unspecified atom stereocenters. The minimum Gasteiger partial charge on any atom is -0.348 e. The predicted octanol–water partition coefficient (Wildman–Crippen LogP) is 3.60. The monoisotopic (exact) mass is 333 g/mol.